The molecule has 0 unspecified atom stereocenters. The molecule has 1 aliphatic heterocycles. The number of piperidine rings is 1. The van der Waals surface area contributed by atoms with E-state index in [9.17, 15) is 4.39 Å². The van der Waals surface area contributed by atoms with E-state index >= 15 is 0 Å². The first-order valence-corrected chi connectivity index (χ1v) is 7.57. The molecule has 1 heterocycles. The number of benzene rings is 1. The minimum Gasteiger partial charge on any atom is -0.393 e. The van der Waals surface area contributed by atoms with Crippen LogP contribution in [0.25, 0.3) is 0 Å². The Labute approximate surface area is 127 Å². The molecule has 1 saturated heterocycles. The Balaban J connectivity index is 1.98. The van der Waals surface area contributed by atoms with Crippen LogP contribution in [0.4, 0.5) is 4.39 Å². The fraction of sp³-hybridized carbons (Fsp3) is 0.500. The van der Waals surface area contributed by atoms with Gasteiger partial charge >= 0.3 is 0 Å². The molecule has 5 heteroatoms. The molecule has 2 nitrogen and oxygen atoms in total. The van der Waals surface area contributed by atoms with Crippen LogP contribution in [0.5, 0.6) is 0 Å². The molecule has 0 aliphatic carbocycles. The quantitative estimate of drug-likeness (QED) is 0.851. The van der Waals surface area contributed by atoms with Crippen LogP contribution in [0.3, 0.4) is 0 Å². The number of hydrogen-bond donors (Lipinski definition) is 1. The van der Waals surface area contributed by atoms with Gasteiger partial charge in [0.05, 0.1) is 4.99 Å². The van der Waals surface area contributed by atoms with E-state index in [1.54, 1.807) is 0 Å². The fourth-order valence-electron chi connectivity index (χ4n) is 2.34. The minimum absolute atomic E-state index is 0.0376. The summed E-state index contributed by atoms with van der Waals surface area (Å²) in [5.41, 5.74) is 6.49. The molecule has 0 aromatic heterocycles. The lowest BCUT2D eigenvalue weighted by Gasteiger charge is -2.38. The van der Waals surface area contributed by atoms with Gasteiger partial charge in [-0.15, -0.1) is 0 Å². The predicted octanol–water partition coefficient (Wildman–Crippen LogP) is 3.48. The lowest BCUT2D eigenvalue weighted by atomic mass is 9.80. The molecule has 104 valence electrons. The van der Waals surface area contributed by atoms with Crippen LogP contribution in [0.1, 0.15) is 25.3 Å². The Kier molecular flexibility index (Phi) is 4.58. The third kappa shape index (κ3) is 3.52. The molecule has 1 aromatic rings. The summed E-state index contributed by atoms with van der Waals surface area (Å²) in [7, 11) is 0. The van der Waals surface area contributed by atoms with E-state index in [1.165, 1.54) is 6.07 Å². The molecule has 1 aliphatic rings. The molecule has 2 N–H and O–H groups in total. The number of halogens is 2. The average Bonchev–Trinajstić information content (AvgIpc) is 2.35. The topological polar surface area (TPSA) is 29.3 Å². The van der Waals surface area contributed by atoms with Gasteiger partial charge in [0.15, 0.2) is 0 Å². The second-order valence-corrected chi connectivity index (χ2v) is 6.79. The molecule has 0 bridgehead atoms. The Morgan fingerprint density at radius 3 is 2.63 bits per heavy atom. The predicted molar refractivity (Wildman–Crippen MR) is 83.5 cm³/mol. The molecule has 0 atom stereocenters. The third-order valence-corrected chi connectivity index (χ3v) is 4.95. The van der Waals surface area contributed by atoms with Gasteiger partial charge in [0.2, 0.25) is 0 Å². The third-order valence-electron chi connectivity index (χ3n) is 3.96. The van der Waals surface area contributed by atoms with Crippen molar-refractivity contribution in [2.45, 2.75) is 26.3 Å². The van der Waals surface area contributed by atoms with E-state index in [4.69, 9.17) is 18.0 Å². The number of rotatable bonds is 3. The van der Waals surface area contributed by atoms with Gasteiger partial charge in [-0.2, -0.15) is 0 Å². The highest BCUT2D eigenvalue weighted by molar-refractivity contribution is 9.10. The first-order valence-electron chi connectivity index (χ1n) is 6.37. The molecule has 19 heavy (non-hydrogen) atoms. The van der Waals surface area contributed by atoms with Gasteiger partial charge in [0.1, 0.15) is 5.82 Å². The van der Waals surface area contributed by atoms with Crippen LogP contribution < -0.4 is 5.73 Å². The standard InChI is InChI=1S/C14H18BrFN2S/c1-14(13(17)19)4-6-18(7-5-14)9-10-2-3-11(15)8-12(10)16/h2-3,8H,4-7,9H2,1H3,(H2,17,19). The smallest absolute Gasteiger partial charge is 0.128 e. The monoisotopic (exact) mass is 344 g/mol. The second kappa shape index (κ2) is 5.85. The van der Waals surface area contributed by atoms with Gasteiger partial charge in [0.25, 0.3) is 0 Å². The van der Waals surface area contributed by atoms with Gasteiger partial charge in [-0.25, -0.2) is 4.39 Å². The molecule has 1 aromatic carbocycles. The summed E-state index contributed by atoms with van der Waals surface area (Å²) in [5.74, 6) is -0.156. The summed E-state index contributed by atoms with van der Waals surface area (Å²) >= 11 is 8.40. The molecule has 0 radical (unpaired) electrons. The van der Waals surface area contributed by atoms with Crippen LogP contribution in [0, 0.1) is 11.2 Å². The summed E-state index contributed by atoms with van der Waals surface area (Å²) in [6.45, 7) is 4.58. The van der Waals surface area contributed by atoms with Crippen LogP contribution in [-0.4, -0.2) is 23.0 Å². The highest BCUT2D eigenvalue weighted by atomic mass is 79.9. The largest absolute Gasteiger partial charge is 0.393 e. The lowest BCUT2D eigenvalue weighted by Crippen LogP contribution is -2.44. The van der Waals surface area contributed by atoms with Crippen LogP contribution in [-0.2, 0) is 6.54 Å². The fourth-order valence-corrected chi connectivity index (χ4v) is 2.88. The zero-order valence-electron chi connectivity index (χ0n) is 11.0. The summed E-state index contributed by atoms with van der Waals surface area (Å²) in [6.07, 6.45) is 1.89. The van der Waals surface area contributed by atoms with E-state index in [0.29, 0.717) is 11.5 Å². The van der Waals surface area contributed by atoms with Gasteiger partial charge in [-0.05, 0) is 38.1 Å². The van der Waals surface area contributed by atoms with Crippen molar-refractivity contribution in [1.29, 1.82) is 0 Å². The highest BCUT2D eigenvalue weighted by Crippen LogP contribution is 2.32. The van der Waals surface area contributed by atoms with Crippen LogP contribution in [0.2, 0.25) is 0 Å². The van der Waals surface area contributed by atoms with Gasteiger partial charge in [-0.3, -0.25) is 4.90 Å². The van der Waals surface area contributed by atoms with E-state index in [-0.39, 0.29) is 11.2 Å². The zero-order valence-corrected chi connectivity index (χ0v) is 13.4. The zero-order chi connectivity index (χ0) is 14.0. The number of likely N-dealkylation sites (tertiary alicyclic amines) is 1. The Hall–Kier alpha value is -0.520. The van der Waals surface area contributed by atoms with Gasteiger partial charge < -0.3 is 5.73 Å². The van der Waals surface area contributed by atoms with Crippen molar-refractivity contribution >= 4 is 33.1 Å². The maximum absolute atomic E-state index is 13.8. The summed E-state index contributed by atoms with van der Waals surface area (Å²) in [4.78, 5) is 2.86. The Morgan fingerprint density at radius 1 is 1.47 bits per heavy atom. The molecule has 0 saturated carbocycles. The Bertz CT molecular complexity index is 484. The van der Waals surface area contributed by atoms with Crippen molar-refractivity contribution in [1.82, 2.24) is 4.90 Å². The molecule has 0 amide bonds. The molecule has 2 rings (SSSR count). The van der Waals surface area contributed by atoms with Gasteiger partial charge in [-0.1, -0.05) is 41.1 Å². The number of nitrogens with two attached hydrogens (primary N) is 1. The molecule has 0 spiro atoms. The first-order chi connectivity index (χ1) is 8.90. The minimum atomic E-state index is -0.156. The average molecular weight is 345 g/mol. The Morgan fingerprint density at radius 2 is 2.11 bits per heavy atom. The van der Waals surface area contributed by atoms with Gasteiger partial charge in [0, 0.05) is 22.0 Å². The number of thiocarbonyl (C=S) groups is 1. The molecular formula is C14H18BrFN2S. The normalized spacial score (nSPS) is 19.3. The second-order valence-electron chi connectivity index (χ2n) is 5.44. The first kappa shape index (κ1) is 14.9. The van der Waals surface area contributed by atoms with Crippen molar-refractivity contribution in [3.8, 4) is 0 Å². The van der Waals surface area contributed by atoms with Crippen molar-refractivity contribution in [3.05, 3.63) is 34.1 Å². The van der Waals surface area contributed by atoms with E-state index in [2.05, 4.69) is 27.8 Å². The van der Waals surface area contributed by atoms with E-state index in [1.807, 2.05) is 12.1 Å². The lowest BCUT2D eigenvalue weighted by molar-refractivity contribution is 0.156. The molecular weight excluding hydrogens is 327 g/mol. The maximum atomic E-state index is 13.8. The van der Waals surface area contributed by atoms with E-state index < -0.39 is 0 Å². The van der Waals surface area contributed by atoms with Crippen molar-refractivity contribution in [3.63, 3.8) is 0 Å². The maximum Gasteiger partial charge on any atom is 0.128 e. The number of hydrogen-bond acceptors (Lipinski definition) is 2. The summed E-state index contributed by atoms with van der Waals surface area (Å²) in [5, 5.41) is 0. The van der Waals surface area contributed by atoms with Crippen LogP contribution >= 0.6 is 28.1 Å². The number of nitrogens with zero attached hydrogens (tertiary/aromatic N) is 1. The van der Waals surface area contributed by atoms with Crippen molar-refractivity contribution in [2.24, 2.45) is 11.1 Å². The molecule has 1 fully saturated rings. The van der Waals surface area contributed by atoms with Crippen molar-refractivity contribution < 1.29 is 4.39 Å². The van der Waals surface area contributed by atoms with Crippen LogP contribution in [0.15, 0.2) is 22.7 Å². The van der Waals surface area contributed by atoms with Crippen molar-refractivity contribution in [2.75, 3.05) is 13.1 Å². The van der Waals surface area contributed by atoms with E-state index in [0.717, 1.165) is 36.0 Å². The SMILES string of the molecule is CC1(C(N)=S)CCN(Cc2ccc(Br)cc2F)CC1. The highest BCUT2D eigenvalue weighted by Gasteiger charge is 2.32. The summed E-state index contributed by atoms with van der Waals surface area (Å²) < 4.78 is 14.6. The summed E-state index contributed by atoms with van der Waals surface area (Å²) in [6, 6.07) is 5.22.